The first-order chi connectivity index (χ1) is 4.88. The molecular formula is C7H9NO2. The van der Waals surface area contributed by atoms with Gasteiger partial charge in [-0.15, -0.1) is 0 Å². The van der Waals surface area contributed by atoms with Crippen LogP contribution in [0.25, 0.3) is 0 Å². The van der Waals surface area contributed by atoms with E-state index in [1.165, 1.54) is 0 Å². The second-order valence-corrected chi connectivity index (χ2v) is 1.93. The zero-order chi connectivity index (χ0) is 7.40. The summed E-state index contributed by atoms with van der Waals surface area (Å²) in [6.07, 6.45) is 0. The number of nitrogens with one attached hydrogen (secondary N) is 1. The van der Waals surface area contributed by atoms with Gasteiger partial charge >= 0.3 is 0 Å². The van der Waals surface area contributed by atoms with Gasteiger partial charge in [-0.3, -0.25) is 10.7 Å². The number of para-hydroxylation sites is 1. The van der Waals surface area contributed by atoms with E-state index in [0.29, 0.717) is 11.3 Å². The zero-order valence-corrected chi connectivity index (χ0v) is 5.41. The minimum atomic E-state index is -0.0657. The molecule has 0 bridgehead atoms. The van der Waals surface area contributed by atoms with E-state index >= 15 is 0 Å². The Labute approximate surface area is 58.9 Å². The van der Waals surface area contributed by atoms with Gasteiger partial charge in [-0.1, -0.05) is 18.2 Å². The Morgan fingerprint density at radius 2 is 2.00 bits per heavy atom. The number of hydrogen-bond donors (Lipinski definition) is 3. The van der Waals surface area contributed by atoms with Crippen LogP contribution in [0.3, 0.4) is 0 Å². The molecule has 0 radical (unpaired) electrons. The number of benzene rings is 1. The highest BCUT2D eigenvalue weighted by atomic mass is 16.5. The summed E-state index contributed by atoms with van der Waals surface area (Å²) in [4.78, 5) is 0. The fraction of sp³-hybridized carbons (Fsp3) is 0.143. The molecule has 0 aliphatic carbocycles. The van der Waals surface area contributed by atoms with Gasteiger partial charge in [0, 0.05) is 5.56 Å². The molecule has 0 saturated carbocycles. The van der Waals surface area contributed by atoms with E-state index in [-0.39, 0.29) is 6.61 Å². The van der Waals surface area contributed by atoms with Gasteiger partial charge in [0.2, 0.25) is 0 Å². The van der Waals surface area contributed by atoms with Gasteiger partial charge in [0.05, 0.1) is 12.3 Å². The van der Waals surface area contributed by atoms with E-state index in [4.69, 9.17) is 10.3 Å². The van der Waals surface area contributed by atoms with Crippen LogP contribution >= 0.6 is 0 Å². The SMILES string of the molecule is OCc1ccccc1NO. The van der Waals surface area contributed by atoms with Gasteiger partial charge < -0.3 is 5.11 Å². The van der Waals surface area contributed by atoms with Crippen LogP contribution in [0.1, 0.15) is 5.56 Å². The van der Waals surface area contributed by atoms with Crippen molar-refractivity contribution in [2.75, 3.05) is 5.48 Å². The van der Waals surface area contributed by atoms with Crippen LogP contribution in [0.15, 0.2) is 24.3 Å². The minimum Gasteiger partial charge on any atom is -0.392 e. The second kappa shape index (κ2) is 3.20. The Morgan fingerprint density at radius 1 is 1.30 bits per heavy atom. The van der Waals surface area contributed by atoms with E-state index < -0.39 is 0 Å². The Hall–Kier alpha value is -1.06. The number of hydrogen-bond acceptors (Lipinski definition) is 3. The zero-order valence-electron chi connectivity index (χ0n) is 5.41. The number of anilines is 1. The molecule has 0 heterocycles. The third-order valence-electron chi connectivity index (χ3n) is 1.31. The maximum atomic E-state index is 8.70. The maximum Gasteiger partial charge on any atom is 0.0702 e. The molecular weight excluding hydrogens is 130 g/mol. The van der Waals surface area contributed by atoms with Crippen LogP contribution in [-0.2, 0) is 6.61 Å². The van der Waals surface area contributed by atoms with E-state index in [1.807, 2.05) is 5.48 Å². The monoisotopic (exact) mass is 139 g/mol. The van der Waals surface area contributed by atoms with Crippen molar-refractivity contribution in [1.29, 1.82) is 0 Å². The summed E-state index contributed by atoms with van der Waals surface area (Å²) in [6.45, 7) is -0.0657. The normalized spacial score (nSPS) is 9.40. The molecule has 0 atom stereocenters. The van der Waals surface area contributed by atoms with Gasteiger partial charge in [-0.2, -0.15) is 0 Å². The molecule has 3 heteroatoms. The minimum absolute atomic E-state index is 0.0657. The van der Waals surface area contributed by atoms with Gasteiger partial charge in [0.1, 0.15) is 0 Å². The number of aliphatic hydroxyl groups excluding tert-OH is 1. The summed E-state index contributed by atoms with van der Waals surface area (Å²) in [5, 5.41) is 17.2. The van der Waals surface area contributed by atoms with Crippen molar-refractivity contribution < 1.29 is 10.3 Å². The lowest BCUT2D eigenvalue weighted by Crippen LogP contribution is -1.94. The highest BCUT2D eigenvalue weighted by Crippen LogP contribution is 2.12. The molecule has 1 aromatic carbocycles. The summed E-state index contributed by atoms with van der Waals surface area (Å²) < 4.78 is 0. The van der Waals surface area contributed by atoms with Crippen molar-refractivity contribution in [2.24, 2.45) is 0 Å². The molecule has 3 N–H and O–H groups in total. The van der Waals surface area contributed by atoms with Crippen molar-refractivity contribution in [2.45, 2.75) is 6.61 Å². The van der Waals surface area contributed by atoms with Crippen LogP contribution in [0, 0.1) is 0 Å². The molecule has 0 amide bonds. The number of rotatable bonds is 2. The Kier molecular flexibility index (Phi) is 2.25. The van der Waals surface area contributed by atoms with E-state index in [9.17, 15) is 0 Å². The van der Waals surface area contributed by atoms with Crippen molar-refractivity contribution in [1.82, 2.24) is 0 Å². The van der Waals surface area contributed by atoms with Gasteiger partial charge in [0.25, 0.3) is 0 Å². The molecule has 0 spiro atoms. The van der Waals surface area contributed by atoms with Crippen molar-refractivity contribution in [3.8, 4) is 0 Å². The molecule has 3 nitrogen and oxygen atoms in total. The highest BCUT2D eigenvalue weighted by Gasteiger charge is 1.95. The first-order valence-corrected chi connectivity index (χ1v) is 2.97. The summed E-state index contributed by atoms with van der Waals surface area (Å²) >= 11 is 0. The van der Waals surface area contributed by atoms with E-state index in [2.05, 4.69) is 0 Å². The molecule has 0 aliphatic heterocycles. The van der Waals surface area contributed by atoms with Gasteiger partial charge in [-0.05, 0) is 6.07 Å². The van der Waals surface area contributed by atoms with Crippen LogP contribution in [0.4, 0.5) is 5.69 Å². The predicted molar refractivity (Wildman–Crippen MR) is 37.8 cm³/mol. The molecule has 10 heavy (non-hydrogen) atoms. The Morgan fingerprint density at radius 3 is 2.50 bits per heavy atom. The maximum absolute atomic E-state index is 8.70. The lowest BCUT2D eigenvalue weighted by Gasteiger charge is -2.02. The fourth-order valence-electron chi connectivity index (χ4n) is 0.767. The summed E-state index contributed by atoms with van der Waals surface area (Å²) in [6, 6.07) is 6.99. The molecule has 0 aromatic heterocycles. The molecule has 1 rings (SSSR count). The van der Waals surface area contributed by atoms with Crippen LogP contribution in [0.5, 0.6) is 0 Å². The quantitative estimate of drug-likeness (QED) is 0.535. The first-order valence-electron chi connectivity index (χ1n) is 2.97. The van der Waals surface area contributed by atoms with Crippen molar-refractivity contribution in [3.63, 3.8) is 0 Å². The summed E-state index contributed by atoms with van der Waals surface area (Å²) in [7, 11) is 0. The Bertz CT molecular complexity index is 190. The molecule has 54 valence electrons. The van der Waals surface area contributed by atoms with Gasteiger partial charge in [-0.25, -0.2) is 0 Å². The van der Waals surface area contributed by atoms with E-state index in [1.54, 1.807) is 24.3 Å². The Balaban J connectivity index is 2.96. The topological polar surface area (TPSA) is 52.5 Å². The lowest BCUT2D eigenvalue weighted by molar-refractivity contribution is 0.280. The summed E-state index contributed by atoms with van der Waals surface area (Å²) in [5.41, 5.74) is 3.22. The van der Waals surface area contributed by atoms with Crippen LogP contribution < -0.4 is 5.48 Å². The molecule has 0 saturated heterocycles. The van der Waals surface area contributed by atoms with Crippen LogP contribution in [0.2, 0.25) is 0 Å². The highest BCUT2D eigenvalue weighted by molar-refractivity contribution is 5.48. The average molecular weight is 139 g/mol. The largest absolute Gasteiger partial charge is 0.392 e. The third kappa shape index (κ3) is 1.26. The third-order valence-corrected chi connectivity index (χ3v) is 1.31. The number of aliphatic hydroxyl groups is 1. The lowest BCUT2D eigenvalue weighted by atomic mass is 10.2. The van der Waals surface area contributed by atoms with Crippen molar-refractivity contribution >= 4 is 5.69 Å². The van der Waals surface area contributed by atoms with Crippen LogP contribution in [-0.4, -0.2) is 10.3 Å². The molecule has 0 unspecified atom stereocenters. The standard InChI is InChI=1S/C7H9NO2/c9-5-6-3-1-2-4-7(6)8-10/h1-4,8-10H,5H2. The first kappa shape index (κ1) is 7.05. The smallest absolute Gasteiger partial charge is 0.0702 e. The molecule has 0 aliphatic rings. The molecule has 0 fully saturated rings. The predicted octanol–water partition coefficient (Wildman–Crippen LogP) is 0.980. The van der Waals surface area contributed by atoms with Gasteiger partial charge in [0.15, 0.2) is 0 Å². The average Bonchev–Trinajstić information content (AvgIpc) is 2.04. The molecule has 1 aromatic rings. The van der Waals surface area contributed by atoms with E-state index in [0.717, 1.165) is 0 Å². The van der Waals surface area contributed by atoms with Crippen molar-refractivity contribution in [3.05, 3.63) is 29.8 Å². The fourth-order valence-corrected chi connectivity index (χ4v) is 0.767. The summed E-state index contributed by atoms with van der Waals surface area (Å²) in [5.74, 6) is 0. The second-order valence-electron chi connectivity index (χ2n) is 1.93.